The highest BCUT2D eigenvalue weighted by atomic mass is 16.5. The average molecular weight is 350 g/mol. The van der Waals surface area contributed by atoms with Gasteiger partial charge in [-0.2, -0.15) is 0 Å². The zero-order valence-electron chi connectivity index (χ0n) is 15.6. The van der Waals surface area contributed by atoms with Gasteiger partial charge in [-0.15, -0.1) is 0 Å². The molecule has 0 amide bonds. The number of rotatable bonds is 6. The predicted molar refractivity (Wildman–Crippen MR) is 105 cm³/mol. The zero-order chi connectivity index (χ0) is 17.9. The maximum absolute atomic E-state index is 5.57. The molecule has 4 rings (SSSR count). The van der Waals surface area contributed by atoms with Crippen LogP contribution in [-0.4, -0.2) is 40.3 Å². The first-order chi connectivity index (χ1) is 12.8. The first-order valence-corrected chi connectivity index (χ1v) is 9.54. The Bertz CT molecular complexity index is 871. The van der Waals surface area contributed by atoms with Crippen molar-refractivity contribution in [3.8, 4) is 11.4 Å². The molecule has 1 atom stereocenters. The van der Waals surface area contributed by atoms with Crippen molar-refractivity contribution in [1.82, 2.24) is 14.5 Å². The van der Waals surface area contributed by atoms with Crippen molar-refractivity contribution in [2.45, 2.75) is 39.3 Å². The molecule has 1 aromatic carbocycles. The molecule has 1 saturated heterocycles. The van der Waals surface area contributed by atoms with Crippen LogP contribution in [0, 0.1) is 0 Å². The number of pyridine rings is 1. The molecule has 3 heterocycles. The van der Waals surface area contributed by atoms with Crippen LogP contribution in [0.15, 0.2) is 42.6 Å². The molecule has 0 bridgehead atoms. The Kier molecular flexibility index (Phi) is 4.89. The molecule has 3 aromatic rings. The molecule has 26 heavy (non-hydrogen) atoms. The fourth-order valence-corrected chi connectivity index (χ4v) is 3.78. The number of ether oxygens (including phenoxy) is 1. The van der Waals surface area contributed by atoms with Crippen LogP contribution in [0.3, 0.4) is 0 Å². The van der Waals surface area contributed by atoms with Gasteiger partial charge in [-0.05, 0) is 51.0 Å². The van der Waals surface area contributed by atoms with Gasteiger partial charge in [0.15, 0.2) is 0 Å². The Balaban J connectivity index is 1.68. The van der Waals surface area contributed by atoms with E-state index < -0.39 is 0 Å². The molecule has 5 heteroatoms. The van der Waals surface area contributed by atoms with Crippen molar-refractivity contribution in [2.75, 3.05) is 24.7 Å². The Morgan fingerprint density at radius 3 is 2.81 bits per heavy atom. The Morgan fingerprint density at radius 2 is 2.08 bits per heavy atom. The summed E-state index contributed by atoms with van der Waals surface area (Å²) in [7, 11) is 0. The van der Waals surface area contributed by atoms with E-state index in [9.17, 15) is 0 Å². The van der Waals surface area contributed by atoms with Gasteiger partial charge in [0.05, 0.1) is 17.6 Å². The lowest BCUT2D eigenvalue weighted by atomic mass is 10.2. The van der Waals surface area contributed by atoms with Gasteiger partial charge in [-0.1, -0.05) is 12.1 Å². The maximum atomic E-state index is 5.57. The summed E-state index contributed by atoms with van der Waals surface area (Å²) < 4.78 is 7.81. The summed E-state index contributed by atoms with van der Waals surface area (Å²) in [4.78, 5) is 12.0. The minimum atomic E-state index is 0.573. The number of hydrogen-bond acceptors (Lipinski definition) is 4. The molecule has 0 aliphatic carbocycles. The summed E-state index contributed by atoms with van der Waals surface area (Å²) in [5, 5.41) is 0. The van der Waals surface area contributed by atoms with Crippen LogP contribution in [0.5, 0.6) is 0 Å². The van der Waals surface area contributed by atoms with Crippen molar-refractivity contribution in [3.63, 3.8) is 0 Å². The van der Waals surface area contributed by atoms with Gasteiger partial charge in [0.2, 0.25) is 0 Å². The SMILES string of the molecule is CCOCCn1c(-c2ccc(N3CCC[C@H]3C)nc2)nc2ccccc21. The third kappa shape index (κ3) is 3.19. The van der Waals surface area contributed by atoms with Gasteiger partial charge in [0.1, 0.15) is 11.6 Å². The standard InChI is InChI=1S/C21H26N4O/c1-3-26-14-13-25-19-9-5-4-8-18(19)23-21(25)17-10-11-20(22-15-17)24-12-6-7-16(24)2/h4-5,8-11,15-16H,3,6-7,12-14H2,1-2H3/t16-/m1/s1. The summed E-state index contributed by atoms with van der Waals surface area (Å²) in [6.45, 7) is 7.59. The summed E-state index contributed by atoms with van der Waals surface area (Å²) in [6.07, 6.45) is 4.45. The van der Waals surface area contributed by atoms with E-state index in [1.165, 1.54) is 12.8 Å². The van der Waals surface area contributed by atoms with E-state index in [0.717, 1.165) is 47.9 Å². The molecule has 0 radical (unpaired) electrons. The summed E-state index contributed by atoms with van der Waals surface area (Å²) >= 11 is 0. The average Bonchev–Trinajstić information content (AvgIpc) is 3.26. The fraction of sp³-hybridized carbons (Fsp3) is 0.429. The van der Waals surface area contributed by atoms with Crippen LogP contribution in [0.4, 0.5) is 5.82 Å². The van der Waals surface area contributed by atoms with Crippen molar-refractivity contribution < 1.29 is 4.74 Å². The van der Waals surface area contributed by atoms with Crippen LogP contribution >= 0.6 is 0 Å². The summed E-state index contributed by atoms with van der Waals surface area (Å²) in [5.41, 5.74) is 3.20. The molecule has 0 N–H and O–H groups in total. The molecular formula is C21H26N4O. The normalized spacial score (nSPS) is 17.3. The second-order valence-corrected chi connectivity index (χ2v) is 6.86. The molecule has 0 saturated carbocycles. The predicted octanol–water partition coefficient (Wildman–Crippen LogP) is 4.12. The number of para-hydroxylation sites is 2. The van der Waals surface area contributed by atoms with Crippen LogP contribution in [0.1, 0.15) is 26.7 Å². The van der Waals surface area contributed by atoms with E-state index >= 15 is 0 Å². The quantitative estimate of drug-likeness (QED) is 0.627. The first-order valence-electron chi connectivity index (χ1n) is 9.54. The molecule has 136 valence electrons. The van der Waals surface area contributed by atoms with E-state index in [0.29, 0.717) is 12.6 Å². The van der Waals surface area contributed by atoms with Crippen molar-refractivity contribution in [2.24, 2.45) is 0 Å². The van der Waals surface area contributed by atoms with Crippen LogP contribution in [0.25, 0.3) is 22.4 Å². The minimum Gasteiger partial charge on any atom is -0.380 e. The third-order valence-electron chi connectivity index (χ3n) is 5.17. The molecule has 1 aliphatic rings. The largest absolute Gasteiger partial charge is 0.380 e. The van der Waals surface area contributed by atoms with Crippen molar-refractivity contribution in [3.05, 3.63) is 42.6 Å². The number of nitrogens with zero attached hydrogens (tertiary/aromatic N) is 4. The molecule has 2 aromatic heterocycles. The molecule has 1 fully saturated rings. The van der Waals surface area contributed by atoms with Gasteiger partial charge in [0, 0.05) is 37.5 Å². The van der Waals surface area contributed by atoms with E-state index in [4.69, 9.17) is 14.7 Å². The highest BCUT2D eigenvalue weighted by Crippen LogP contribution is 2.28. The topological polar surface area (TPSA) is 43.2 Å². The van der Waals surface area contributed by atoms with E-state index in [-0.39, 0.29) is 0 Å². The zero-order valence-corrected chi connectivity index (χ0v) is 15.6. The first kappa shape index (κ1) is 17.0. The molecule has 0 spiro atoms. The van der Waals surface area contributed by atoms with E-state index in [2.05, 4.69) is 46.7 Å². The van der Waals surface area contributed by atoms with Crippen molar-refractivity contribution in [1.29, 1.82) is 0 Å². The van der Waals surface area contributed by atoms with Crippen molar-refractivity contribution >= 4 is 16.9 Å². The number of anilines is 1. The highest BCUT2D eigenvalue weighted by molar-refractivity contribution is 5.80. The molecule has 0 unspecified atom stereocenters. The Labute approximate surface area is 154 Å². The summed E-state index contributed by atoms with van der Waals surface area (Å²) in [5.74, 6) is 2.02. The lowest BCUT2D eigenvalue weighted by Crippen LogP contribution is -2.26. The van der Waals surface area contributed by atoms with Gasteiger partial charge in [0.25, 0.3) is 0 Å². The van der Waals surface area contributed by atoms with Gasteiger partial charge >= 0.3 is 0 Å². The maximum Gasteiger partial charge on any atom is 0.142 e. The monoisotopic (exact) mass is 350 g/mol. The molecular weight excluding hydrogens is 324 g/mol. The number of benzene rings is 1. The molecule has 5 nitrogen and oxygen atoms in total. The van der Waals surface area contributed by atoms with Crippen LogP contribution in [-0.2, 0) is 11.3 Å². The minimum absolute atomic E-state index is 0.573. The Morgan fingerprint density at radius 1 is 1.19 bits per heavy atom. The van der Waals surface area contributed by atoms with Gasteiger partial charge in [-0.25, -0.2) is 9.97 Å². The smallest absolute Gasteiger partial charge is 0.142 e. The number of imidazole rings is 1. The third-order valence-corrected chi connectivity index (χ3v) is 5.17. The number of fused-ring (bicyclic) bond motifs is 1. The molecule has 1 aliphatic heterocycles. The second kappa shape index (κ2) is 7.46. The van der Waals surface area contributed by atoms with Gasteiger partial charge in [-0.3, -0.25) is 0 Å². The van der Waals surface area contributed by atoms with E-state index in [1.807, 2.05) is 19.2 Å². The van der Waals surface area contributed by atoms with Crippen LogP contribution < -0.4 is 4.90 Å². The Hall–Kier alpha value is -2.40. The lowest BCUT2D eigenvalue weighted by molar-refractivity contribution is 0.140. The second-order valence-electron chi connectivity index (χ2n) is 6.86. The number of hydrogen-bond donors (Lipinski definition) is 0. The highest BCUT2D eigenvalue weighted by Gasteiger charge is 2.21. The lowest BCUT2D eigenvalue weighted by Gasteiger charge is -2.22. The van der Waals surface area contributed by atoms with E-state index in [1.54, 1.807) is 0 Å². The van der Waals surface area contributed by atoms with Gasteiger partial charge < -0.3 is 14.2 Å². The van der Waals surface area contributed by atoms with Crippen LogP contribution in [0.2, 0.25) is 0 Å². The number of aromatic nitrogens is 3. The fourth-order valence-electron chi connectivity index (χ4n) is 3.78. The summed E-state index contributed by atoms with van der Waals surface area (Å²) in [6, 6.07) is 13.1.